The molecular weight excluding hydrogens is 346 g/mol. The van der Waals surface area contributed by atoms with Crippen LogP contribution in [0.25, 0.3) is 0 Å². The summed E-state index contributed by atoms with van der Waals surface area (Å²) in [5, 5.41) is 14.1. The molecule has 0 radical (unpaired) electrons. The smallest absolute Gasteiger partial charge is 0.293 e. The van der Waals surface area contributed by atoms with Crippen molar-refractivity contribution in [2.45, 2.75) is 31.7 Å². The van der Waals surface area contributed by atoms with Crippen LogP contribution in [0.1, 0.15) is 36.0 Å². The number of nitrogens with zero attached hydrogens (tertiary/aromatic N) is 2. The number of sulfone groups is 1. The third kappa shape index (κ3) is 4.09. The summed E-state index contributed by atoms with van der Waals surface area (Å²) < 4.78 is 23.0. The summed E-state index contributed by atoms with van der Waals surface area (Å²) in [5.74, 6) is -0.492. The van der Waals surface area contributed by atoms with Crippen molar-refractivity contribution in [1.82, 2.24) is 5.32 Å². The molecule has 2 heterocycles. The molecule has 0 spiro atoms. The van der Waals surface area contributed by atoms with E-state index >= 15 is 0 Å². The van der Waals surface area contributed by atoms with Crippen LogP contribution in [-0.2, 0) is 9.84 Å². The van der Waals surface area contributed by atoms with Crippen molar-refractivity contribution >= 4 is 27.1 Å². The number of hydrogen-bond acceptors (Lipinski definition) is 6. The van der Waals surface area contributed by atoms with Crippen molar-refractivity contribution < 1.29 is 18.1 Å². The van der Waals surface area contributed by atoms with Crippen LogP contribution in [0.2, 0.25) is 0 Å². The zero-order valence-corrected chi connectivity index (χ0v) is 14.6. The lowest BCUT2D eigenvalue weighted by atomic mass is 10.1. The van der Waals surface area contributed by atoms with Gasteiger partial charge in [-0.1, -0.05) is 0 Å². The van der Waals surface area contributed by atoms with E-state index < -0.39 is 26.7 Å². The van der Waals surface area contributed by atoms with Gasteiger partial charge in [0.1, 0.15) is 5.69 Å². The van der Waals surface area contributed by atoms with Gasteiger partial charge in [-0.05, 0) is 37.8 Å². The molecular formula is C16H21N3O5S. The van der Waals surface area contributed by atoms with Crippen LogP contribution in [0.15, 0.2) is 18.2 Å². The molecule has 9 heteroatoms. The minimum absolute atomic E-state index is 0.0615. The Balaban J connectivity index is 1.79. The van der Waals surface area contributed by atoms with Crippen LogP contribution in [0.3, 0.4) is 0 Å². The minimum atomic E-state index is -3.10. The van der Waals surface area contributed by atoms with Gasteiger partial charge in [0.2, 0.25) is 0 Å². The van der Waals surface area contributed by atoms with Gasteiger partial charge in [0.05, 0.1) is 16.4 Å². The Morgan fingerprint density at radius 2 is 1.96 bits per heavy atom. The van der Waals surface area contributed by atoms with Gasteiger partial charge in [-0.2, -0.15) is 0 Å². The highest BCUT2D eigenvalue weighted by atomic mass is 32.2. The van der Waals surface area contributed by atoms with E-state index in [1.165, 1.54) is 6.07 Å². The third-order valence-corrected chi connectivity index (χ3v) is 6.47. The second-order valence-corrected chi connectivity index (χ2v) is 8.81. The standard InChI is InChI=1S/C16H21N3O5S/c20-16(17-13-6-9-25(23,24)11-13)12-4-5-14(15(10-12)19(21)22)18-7-2-1-3-8-18/h4-5,10,13H,1-3,6-9,11H2,(H,17,20)/t13-/m0/s1. The highest BCUT2D eigenvalue weighted by Crippen LogP contribution is 2.31. The molecule has 8 nitrogen and oxygen atoms in total. The van der Waals surface area contributed by atoms with E-state index in [1.807, 2.05) is 4.90 Å². The molecule has 0 aliphatic carbocycles. The van der Waals surface area contributed by atoms with Crippen molar-refractivity contribution in [3.05, 3.63) is 33.9 Å². The van der Waals surface area contributed by atoms with Crippen molar-refractivity contribution in [2.75, 3.05) is 29.5 Å². The predicted octanol–water partition coefficient (Wildman–Crippen LogP) is 1.50. The largest absolute Gasteiger partial charge is 0.366 e. The molecule has 2 saturated heterocycles. The molecule has 2 fully saturated rings. The first-order chi connectivity index (χ1) is 11.9. The molecule has 2 aliphatic rings. The average molecular weight is 367 g/mol. The summed E-state index contributed by atoms with van der Waals surface area (Å²) in [5.41, 5.74) is 0.620. The molecule has 2 aliphatic heterocycles. The summed E-state index contributed by atoms with van der Waals surface area (Å²) in [6, 6.07) is 4.03. The summed E-state index contributed by atoms with van der Waals surface area (Å²) in [6.45, 7) is 1.54. The molecule has 136 valence electrons. The number of nitro groups is 1. The molecule has 0 saturated carbocycles. The van der Waals surface area contributed by atoms with Crippen LogP contribution >= 0.6 is 0 Å². The Labute approximate surface area is 146 Å². The van der Waals surface area contributed by atoms with Gasteiger partial charge in [-0.25, -0.2) is 8.42 Å². The molecule has 3 rings (SSSR count). The van der Waals surface area contributed by atoms with E-state index in [4.69, 9.17) is 0 Å². The fraction of sp³-hybridized carbons (Fsp3) is 0.562. The average Bonchev–Trinajstić information content (AvgIpc) is 2.93. The summed E-state index contributed by atoms with van der Waals surface area (Å²) >= 11 is 0. The highest BCUT2D eigenvalue weighted by Gasteiger charge is 2.30. The Bertz CT molecular complexity index is 787. The minimum Gasteiger partial charge on any atom is -0.366 e. The maximum atomic E-state index is 12.3. The maximum absolute atomic E-state index is 12.3. The van der Waals surface area contributed by atoms with E-state index in [-0.39, 0.29) is 22.8 Å². The van der Waals surface area contributed by atoms with E-state index in [2.05, 4.69) is 5.32 Å². The van der Waals surface area contributed by atoms with Gasteiger partial charge in [0.25, 0.3) is 11.6 Å². The molecule has 0 aromatic heterocycles. The van der Waals surface area contributed by atoms with Crippen LogP contribution < -0.4 is 10.2 Å². The number of nitro benzene ring substituents is 1. The van der Waals surface area contributed by atoms with Crippen LogP contribution in [0.5, 0.6) is 0 Å². The zero-order valence-electron chi connectivity index (χ0n) is 13.8. The number of piperidine rings is 1. The third-order valence-electron chi connectivity index (χ3n) is 4.70. The number of hydrogen-bond donors (Lipinski definition) is 1. The van der Waals surface area contributed by atoms with Crippen molar-refractivity contribution in [3.8, 4) is 0 Å². The number of anilines is 1. The lowest BCUT2D eigenvalue weighted by Crippen LogP contribution is -2.35. The van der Waals surface area contributed by atoms with E-state index in [1.54, 1.807) is 12.1 Å². The van der Waals surface area contributed by atoms with Gasteiger partial charge in [0, 0.05) is 30.8 Å². The fourth-order valence-corrected chi connectivity index (χ4v) is 5.06. The van der Waals surface area contributed by atoms with Crippen molar-refractivity contribution in [3.63, 3.8) is 0 Å². The zero-order chi connectivity index (χ0) is 18.0. The van der Waals surface area contributed by atoms with Crippen molar-refractivity contribution in [2.24, 2.45) is 0 Å². The van der Waals surface area contributed by atoms with E-state index in [0.29, 0.717) is 12.1 Å². The topological polar surface area (TPSA) is 110 Å². The number of rotatable bonds is 4. The second kappa shape index (κ2) is 6.99. The van der Waals surface area contributed by atoms with Crippen LogP contribution in [-0.4, -0.2) is 49.9 Å². The van der Waals surface area contributed by atoms with Crippen molar-refractivity contribution in [1.29, 1.82) is 0 Å². The fourth-order valence-electron chi connectivity index (χ4n) is 3.39. The lowest BCUT2D eigenvalue weighted by molar-refractivity contribution is -0.384. The van der Waals surface area contributed by atoms with Gasteiger partial charge >= 0.3 is 0 Å². The number of nitrogens with one attached hydrogen (secondary N) is 1. The van der Waals surface area contributed by atoms with E-state index in [9.17, 15) is 23.3 Å². The first kappa shape index (κ1) is 17.7. The highest BCUT2D eigenvalue weighted by molar-refractivity contribution is 7.91. The monoisotopic (exact) mass is 367 g/mol. The Hall–Kier alpha value is -2.16. The summed E-state index contributed by atoms with van der Waals surface area (Å²) in [7, 11) is -3.10. The first-order valence-electron chi connectivity index (χ1n) is 8.40. The second-order valence-electron chi connectivity index (χ2n) is 6.58. The molecule has 0 unspecified atom stereocenters. The van der Waals surface area contributed by atoms with E-state index in [0.717, 1.165) is 32.4 Å². The predicted molar refractivity (Wildman–Crippen MR) is 93.7 cm³/mol. The molecule has 1 aromatic rings. The molecule has 1 amide bonds. The number of amides is 1. The Kier molecular flexibility index (Phi) is 4.94. The van der Waals surface area contributed by atoms with Gasteiger partial charge in [0.15, 0.2) is 9.84 Å². The van der Waals surface area contributed by atoms with Crippen LogP contribution in [0.4, 0.5) is 11.4 Å². The Morgan fingerprint density at radius 3 is 2.56 bits per heavy atom. The van der Waals surface area contributed by atoms with Gasteiger partial charge < -0.3 is 10.2 Å². The first-order valence-corrected chi connectivity index (χ1v) is 10.2. The maximum Gasteiger partial charge on any atom is 0.293 e. The molecule has 1 N–H and O–H groups in total. The van der Waals surface area contributed by atoms with Crippen LogP contribution in [0, 0.1) is 10.1 Å². The quantitative estimate of drug-likeness (QED) is 0.638. The number of carbonyl (C=O) groups excluding carboxylic acids is 1. The molecule has 25 heavy (non-hydrogen) atoms. The summed E-state index contributed by atoms with van der Waals surface area (Å²) in [6.07, 6.45) is 3.49. The normalized spacial score (nSPS) is 22.6. The van der Waals surface area contributed by atoms with Gasteiger partial charge in [-0.15, -0.1) is 0 Å². The molecule has 1 aromatic carbocycles. The molecule has 1 atom stereocenters. The summed E-state index contributed by atoms with van der Waals surface area (Å²) in [4.78, 5) is 25.3. The Morgan fingerprint density at radius 1 is 1.24 bits per heavy atom. The molecule has 0 bridgehead atoms. The van der Waals surface area contributed by atoms with Gasteiger partial charge in [-0.3, -0.25) is 14.9 Å². The number of carbonyl (C=O) groups is 1. The lowest BCUT2D eigenvalue weighted by Gasteiger charge is -2.28. The SMILES string of the molecule is O=C(N[C@H]1CCS(=O)(=O)C1)c1ccc(N2CCCCC2)c([N+](=O)[O-])c1. The number of benzene rings is 1.